The number of rotatable bonds is 12. The average Bonchev–Trinajstić information content (AvgIpc) is 3.20. The second-order valence-corrected chi connectivity index (χ2v) is 7.79. The molecule has 0 aliphatic heterocycles. The van der Waals surface area contributed by atoms with E-state index in [-0.39, 0.29) is 12.2 Å². The van der Waals surface area contributed by atoms with Crippen LogP contribution in [0.5, 0.6) is 0 Å². The van der Waals surface area contributed by atoms with E-state index in [1.165, 1.54) is 19.4 Å². The zero-order valence-corrected chi connectivity index (χ0v) is 18.4. The molecule has 0 saturated carbocycles. The lowest BCUT2D eigenvalue weighted by molar-refractivity contribution is -0.144. The van der Waals surface area contributed by atoms with Gasteiger partial charge in [0.25, 0.3) is 0 Å². The standard InChI is InChI=1S/C18H30N6O6S/c1-8(2)13(18(29)30)23-17(28)14(9(3)25)24-16(27)12(4-10-5-20-7-21-10)22-15(26)11(19)6-31/h5,7-9,11-14,25,31H,4,6,19H2,1-3H3,(H,20,21)(H,22,26)(H,23,28)(H,24,27)(H,29,30). The zero-order chi connectivity index (χ0) is 23.7. The molecule has 0 aliphatic rings. The van der Waals surface area contributed by atoms with E-state index in [1.807, 2.05) is 0 Å². The van der Waals surface area contributed by atoms with E-state index in [4.69, 9.17) is 5.73 Å². The summed E-state index contributed by atoms with van der Waals surface area (Å²) >= 11 is 3.96. The Kier molecular flexibility index (Phi) is 10.4. The predicted molar refractivity (Wildman–Crippen MR) is 114 cm³/mol. The van der Waals surface area contributed by atoms with Gasteiger partial charge in [-0.15, -0.1) is 0 Å². The van der Waals surface area contributed by atoms with Gasteiger partial charge in [-0.05, 0) is 12.8 Å². The van der Waals surface area contributed by atoms with Crippen LogP contribution in [-0.2, 0) is 25.6 Å². The highest BCUT2D eigenvalue weighted by atomic mass is 32.1. The number of amides is 3. The minimum absolute atomic E-state index is 0.00869. The molecule has 0 fully saturated rings. The fourth-order valence-corrected chi connectivity index (χ4v) is 2.77. The maximum absolute atomic E-state index is 12.9. The van der Waals surface area contributed by atoms with E-state index in [9.17, 15) is 29.4 Å². The summed E-state index contributed by atoms with van der Waals surface area (Å²) in [6, 6.07) is -4.76. The number of imidazole rings is 1. The molecule has 0 bridgehead atoms. The molecule has 1 rings (SSSR count). The topological polar surface area (TPSA) is 200 Å². The molecule has 12 nitrogen and oxygen atoms in total. The molecule has 5 unspecified atom stereocenters. The van der Waals surface area contributed by atoms with Crippen molar-refractivity contribution in [1.29, 1.82) is 0 Å². The van der Waals surface area contributed by atoms with Gasteiger partial charge >= 0.3 is 5.97 Å². The summed E-state index contributed by atoms with van der Waals surface area (Å²) in [4.78, 5) is 55.6. The van der Waals surface area contributed by atoms with Gasteiger partial charge < -0.3 is 36.9 Å². The maximum Gasteiger partial charge on any atom is 0.326 e. The van der Waals surface area contributed by atoms with Crippen LogP contribution in [0.3, 0.4) is 0 Å². The van der Waals surface area contributed by atoms with Crippen molar-refractivity contribution in [1.82, 2.24) is 25.9 Å². The van der Waals surface area contributed by atoms with E-state index in [1.54, 1.807) is 13.8 Å². The predicted octanol–water partition coefficient (Wildman–Crippen LogP) is -2.21. The SMILES string of the molecule is CC(C)C(NC(=O)C(NC(=O)C(Cc1cnc[nH]1)NC(=O)C(N)CS)C(C)O)C(=O)O. The van der Waals surface area contributed by atoms with E-state index in [2.05, 4.69) is 38.5 Å². The Morgan fingerprint density at radius 2 is 1.71 bits per heavy atom. The van der Waals surface area contributed by atoms with Gasteiger partial charge in [0.05, 0.1) is 18.5 Å². The number of aliphatic hydroxyl groups is 1. The average molecular weight is 459 g/mol. The molecule has 0 aromatic carbocycles. The smallest absolute Gasteiger partial charge is 0.326 e. The van der Waals surface area contributed by atoms with Crippen molar-refractivity contribution in [3.8, 4) is 0 Å². The Bertz CT molecular complexity index is 757. The van der Waals surface area contributed by atoms with Crippen molar-refractivity contribution >= 4 is 36.3 Å². The molecule has 31 heavy (non-hydrogen) atoms. The van der Waals surface area contributed by atoms with Crippen LogP contribution in [0.1, 0.15) is 26.5 Å². The number of aliphatic hydroxyl groups excluding tert-OH is 1. The van der Waals surface area contributed by atoms with Crippen LogP contribution in [-0.4, -0.2) is 79.9 Å². The summed E-state index contributed by atoms with van der Waals surface area (Å²) in [6.45, 7) is 4.49. The number of carbonyl (C=O) groups excluding carboxylic acids is 3. The van der Waals surface area contributed by atoms with Crippen LogP contribution in [0.2, 0.25) is 0 Å². The highest BCUT2D eigenvalue weighted by molar-refractivity contribution is 7.80. The van der Waals surface area contributed by atoms with Crippen LogP contribution in [0.25, 0.3) is 0 Å². The molecular weight excluding hydrogens is 428 g/mol. The number of carboxylic acids is 1. The molecule has 0 aliphatic carbocycles. The number of aromatic amines is 1. The van der Waals surface area contributed by atoms with Crippen LogP contribution >= 0.6 is 12.6 Å². The first kappa shape index (κ1) is 26.4. The highest BCUT2D eigenvalue weighted by Crippen LogP contribution is 2.05. The summed E-state index contributed by atoms with van der Waals surface area (Å²) in [7, 11) is 0. The molecule has 1 aromatic heterocycles. The molecule has 0 spiro atoms. The van der Waals surface area contributed by atoms with E-state index in [0.717, 1.165) is 0 Å². The van der Waals surface area contributed by atoms with Gasteiger partial charge in [-0.25, -0.2) is 9.78 Å². The lowest BCUT2D eigenvalue weighted by Crippen LogP contribution is -2.60. The number of hydrogen-bond donors (Lipinski definition) is 8. The Morgan fingerprint density at radius 1 is 1.10 bits per heavy atom. The van der Waals surface area contributed by atoms with E-state index < -0.39 is 59.9 Å². The second-order valence-electron chi connectivity index (χ2n) is 7.43. The van der Waals surface area contributed by atoms with E-state index >= 15 is 0 Å². The Balaban J connectivity index is 3.00. The Morgan fingerprint density at radius 3 is 2.16 bits per heavy atom. The third-order valence-electron chi connectivity index (χ3n) is 4.44. The van der Waals surface area contributed by atoms with Gasteiger partial charge in [0.2, 0.25) is 17.7 Å². The monoisotopic (exact) mass is 458 g/mol. The number of nitrogens with two attached hydrogens (primary N) is 1. The summed E-state index contributed by atoms with van der Waals surface area (Å²) in [6.07, 6.45) is 1.53. The zero-order valence-electron chi connectivity index (χ0n) is 17.5. The summed E-state index contributed by atoms with van der Waals surface area (Å²) in [5, 5.41) is 26.4. The first-order valence-electron chi connectivity index (χ1n) is 9.63. The van der Waals surface area contributed by atoms with Crippen LogP contribution in [0.4, 0.5) is 0 Å². The number of thiol groups is 1. The summed E-state index contributed by atoms with van der Waals surface area (Å²) in [5.74, 6) is -3.89. The van der Waals surface area contributed by atoms with Crippen molar-refractivity contribution in [2.45, 2.75) is 57.5 Å². The fourth-order valence-electron chi connectivity index (χ4n) is 2.60. The van der Waals surface area contributed by atoms with Gasteiger partial charge in [0.1, 0.15) is 18.1 Å². The lowest BCUT2D eigenvalue weighted by Gasteiger charge is -2.27. The quantitative estimate of drug-likeness (QED) is 0.161. The van der Waals surface area contributed by atoms with Crippen LogP contribution < -0.4 is 21.7 Å². The van der Waals surface area contributed by atoms with Gasteiger partial charge in [-0.3, -0.25) is 14.4 Å². The lowest BCUT2D eigenvalue weighted by atomic mass is 10.0. The normalized spacial score (nSPS) is 16.0. The molecule has 1 heterocycles. The molecule has 5 atom stereocenters. The fraction of sp³-hybridized carbons (Fsp3) is 0.611. The number of carboxylic acid groups (broad SMARTS) is 1. The molecule has 3 amide bonds. The largest absolute Gasteiger partial charge is 0.480 e. The number of nitrogens with zero attached hydrogens (tertiary/aromatic N) is 1. The van der Waals surface area contributed by atoms with Crippen molar-refractivity contribution in [2.24, 2.45) is 11.7 Å². The van der Waals surface area contributed by atoms with Gasteiger partial charge in [0, 0.05) is 24.1 Å². The molecule has 174 valence electrons. The Labute approximate surface area is 185 Å². The summed E-state index contributed by atoms with van der Waals surface area (Å²) < 4.78 is 0. The third kappa shape index (κ3) is 8.19. The second kappa shape index (κ2) is 12.3. The number of aromatic nitrogens is 2. The van der Waals surface area contributed by atoms with Gasteiger partial charge in [0.15, 0.2) is 0 Å². The molecule has 8 N–H and O–H groups in total. The number of aliphatic carboxylic acids is 1. The first-order valence-corrected chi connectivity index (χ1v) is 10.3. The maximum atomic E-state index is 12.9. The van der Waals surface area contributed by atoms with Gasteiger partial charge in [-0.1, -0.05) is 13.8 Å². The molecular formula is C18H30N6O6S. The number of H-pyrrole nitrogens is 1. The number of carbonyl (C=O) groups is 4. The minimum Gasteiger partial charge on any atom is -0.480 e. The Hall–Kier alpha value is -2.64. The van der Waals surface area contributed by atoms with Crippen molar-refractivity contribution in [3.05, 3.63) is 18.2 Å². The third-order valence-corrected chi connectivity index (χ3v) is 4.83. The number of hydrogen-bond acceptors (Lipinski definition) is 8. The van der Waals surface area contributed by atoms with Crippen LogP contribution in [0, 0.1) is 5.92 Å². The van der Waals surface area contributed by atoms with E-state index in [0.29, 0.717) is 5.69 Å². The van der Waals surface area contributed by atoms with Crippen LogP contribution in [0.15, 0.2) is 12.5 Å². The molecule has 13 heteroatoms. The van der Waals surface area contributed by atoms with Crippen molar-refractivity contribution in [3.63, 3.8) is 0 Å². The summed E-state index contributed by atoms with van der Waals surface area (Å²) in [5.41, 5.74) is 6.18. The molecule has 0 saturated heterocycles. The number of nitrogens with one attached hydrogen (secondary N) is 4. The molecule has 0 radical (unpaired) electrons. The van der Waals surface area contributed by atoms with Crippen molar-refractivity contribution in [2.75, 3.05) is 5.75 Å². The van der Waals surface area contributed by atoms with Gasteiger partial charge in [-0.2, -0.15) is 12.6 Å². The first-order chi connectivity index (χ1) is 14.5. The van der Waals surface area contributed by atoms with Crippen molar-refractivity contribution < 1.29 is 29.4 Å². The molecule has 1 aromatic rings. The highest BCUT2D eigenvalue weighted by Gasteiger charge is 2.33. The minimum atomic E-state index is -1.45.